The van der Waals surface area contributed by atoms with Crippen LogP contribution in [0.15, 0.2) is 0 Å². The molecule has 0 aliphatic rings. The molecule has 0 radical (unpaired) electrons. The Morgan fingerprint density at radius 2 is 1.71 bits per heavy atom. The summed E-state index contributed by atoms with van der Waals surface area (Å²) in [7, 11) is 0. The Labute approximate surface area is 83.6 Å². The van der Waals surface area contributed by atoms with Crippen LogP contribution in [0.4, 0.5) is 0 Å². The molecule has 0 unspecified atom stereocenters. The molecule has 14 heavy (non-hydrogen) atoms. The summed E-state index contributed by atoms with van der Waals surface area (Å²) >= 11 is 0. The van der Waals surface area contributed by atoms with Crippen LogP contribution >= 0.6 is 0 Å². The lowest BCUT2D eigenvalue weighted by Gasteiger charge is -2.03. The van der Waals surface area contributed by atoms with Crippen LogP contribution in [0.25, 0.3) is 0 Å². The molecule has 0 aromatic rings. The predicted octanol–water partition coefficient (Wildman–Crippen LogP) is 1.12. The molecule has 0 rings (SSSR count). The third kappa shape index (κ3) is 5.45. The van der Waals surface area contributed by atoms with Crippen molar-refractivity contribution in [2.75, 3.05) is 6.61 Å². The van der Waals surface area contributed by atoms with Gasteiger partial charge in [-0.05, 0) is 6.92 Å². The van der Waals surface area contributed by atoms with Gasteiger partial charge in [0.05, 0.1) is 13.0 Å². The van der Waals surface area contributed by atoms with E-state index in [2.05, 4.69) is 4.74 Å². The minimum atomic E-state index is -0.561. The van der Waals surface area contributed by atoms with Crippen molar-refractivity contribution in [1.29, 1.82) is 0 Å². The fraction of sp³-hybridized carbons (Fsp3) is 0.700. The lowest BCUT2D eigenvalue weighted by Crippen LogP contribution is -2.17. The Morgan fingerprint density at radius 1 is 1.14 bits per heavy atom. The summed E-state index contributed by atoms with van der Waals surface area (Å²) in [6, 6.07) is 0. The first-order valence-corrected chi connectivity index (χ1v) is 4.67. The van der Waals surface area contributed by atoms with Crippen molar-refractivity contribution in [3.8, 4) is 0 Å². The van der Waals surface area contributed by atoms with Crippen LogP contribution in [0.1, 0.15) is 33.6 Å². The molecule has 0 heterocycles. The molecule has 0 bridgehead atoms. The van der Waals surface area contributed by atoms with E-state index < -0.39 is 5.97 Å². The molecule has 4 nitrogen and oxygen atoms in total. The van der Waals surface area contributed by atoms with E-state index in [1.54, 1.807) is 20.8 Å². The van der Waals surface area contributed by atoms with E-state index >= 15 is 0 Å². The largest absolute Gasteiger partial charge is 0.466 e. The monoisotopic (exact) mass is 200 g/mol. The molecule has 0 aliphatic heterocycles. The molecule has 0 saturated carbocycles. The van der Waals surface area contributed by atoms with E-state index in [4.69, 9.17) is 0 Å². The number of ether oxygens (including phenoxy) is 1. The summed E-state index contributed by atoms with van der Waals surface area (Å²) in [5.41, 5.74) is 0. The Hall–Kier alpha value is -1.19. The van der Waals surface area contributed by atoms with Gasteiger partial charge in [-0.2, -0.15) is 0 Å². The first-order chi connectivity index (χ1) is 6.47. The molecule has 4 heteroatoms. The van der Waals surface area contributed by atoms with Crippen LogP contribution in [0, 0.1) is 5.92 Å². The molecule has 0 saturated heterocycles. The van der Waals surface area contributed by atoms with Gasteiger partial charge in [0, 0.05) is 5.92 Å². The summed E-state index contributed by atoms with van der Waals surface area (Å²) < 4.78 is 4.58. The van der Waals surface area contributed by atoms with Gasteiger partial charge in [-0.25, -0.2) is 0 Å². The number of hydrogen-bond donors (Lipinski definition) is 0. The highest BCUT2D eigenvalue weighted by molar-refractivity contribution is 6.05. The van der Waals surface area contributed by atoms with Crippen molar-refractivity contribution in [1.82, 2.24) is 0 Å². The standard InChI is InChI=1S/C10H16O4/c1-4-14-10(13)6-8(11)5-9(12)7(2)3/h7H,4-6H2,1-3H3. The lowest BCUT2D eigenvalue weighted by molar-refractivity contribution is -0.145. The molecule has 0 N–H and O–H groups in total. The van der Waals surface area contributed by atoms with Gasteiger partial charge in [0.15, 0.2) is 5.78 Å². The maximum Gasteiger partial charge on any atom is 0.313 e. The normalized spacial score (nSPS) is 10.0. The summed E-state index contributed by atoms with van der Waals surface area (Å²) in [5.74, 6) is -1.24. The number of carbonyl (C=O) groups excluding carboxylic acids is 3. The highest BCUT2D eigenvalue weighted by atomic mass is 16.5. The minimum absolute atomic E-state index is 0.140. The van der Waals surface area contributed by atoms with E-state index in [0.717, 1.165) is 0 Å². The van der Waals surface area contributed by atoms with E-state index in [9.17, 15) is 14.4 Å². The summed E-state index contributed by atoms with van der Waals surface area (Å²) in [6.07, 6.45) is -0.469. The van der Waals surface area contributed by atoms with Gasteiger partial charge in [0.2, 0.25) is 0 Å². The highest BCUT2D eigenvalue weighted by Gasteiger charge is 2.16. The number of carbonyl (C=O) groups is 3. The van der Waals surface area contributed by atoms with Crippen molar-refractivity contribution in [3.05, 3.63) is 0 Å². The van der Waals surface area contributed by atoms with E-state index in [1.165, 1.54) is 0 Å². The van der Waals surface area contributed by atoms with Crippen LogP contribution in [0.2, 0.25) is 0 Å². The molecule has 0 aromatic heterocycles. The topological polar surface area (TPSA) is 60.4 Å². The third-order valence-corrected chi connectivity index (χ3v) is 1.66. The summed E-state index contributed by atoms with van der Waals surface area (Å²) in [6.45, 7) is 5.37. The second-order valence-corrected chi connectivity index (χ2v) is 3.32. The van der Waals surface area contributed by atoms with E-state index in [-0.39, 0.29) is 36.9 Å². The molecule has 0 aromatic carbocycles. The average Bonchev–Trinajstić information content (AvgIpc) is 2.03. The Morgan fingerprint density at radius 3 is 2.14 bits per heavy atom. The Bertz CT molecular complexity index is 230. The number of rotatable bonds is 6. The van der Waals surface area contributed by atoms with Crippen LogP contribution in [-0.4, -0.2) is 24.1 Å². The molecular formula is C10H16O4. The predicted molar refractivity (Wildman–Crippen MR) is 50.7 cm³/mol. The van der Waals surface area contributed by atoms with Gasteiger partial charge in [-0.1, -0.05) is 13.8 Å². The van der Waals surface area contributed by atoms with Gasteiger partial charge >= 0.3 is 5.97 Å². The fourth-order valence-corrected chi connectivity index (χ4v) is 0.834. The Kier molecular flexibility index (Phi) is 5.76. The molecular weight excluding hydrogens is 184 g/mol. The zero-order chi connectivity index (χ0) is 11.1. The summed E-state index contributed by atoms with van der Waals surface area (Å²) in [4.78, 5) is 33.1. The summed E-state index contributed by atoms with van der Waals surface area (Å²) in [5, 5.41) is 0. The zero-order valence-corrected chi connectivity index (χ0v) is 8.83. The average molecular weight is 200 g/mol. The quantitative estimate of drug-likeness (QED) is 0.476. The smallest absolute Gasteiger partial charge is 0.313 e. The van der Waals surface area contributed by atoms with E-state index in [0.29, 0.717) is 0 Å². The first-order valence-electron chi connectivity index (χ1n) is 4.67. The van der Waals surface area contributed by atoms with Crippen molar-refractivity contribution in [3.63, 3.8) is 0 Å². The van der Waals surface area contributed by atoms with Crippen LogP contribution in [-0.2, 0) is 19.1 Å². The van der Waals surface area contributed by atoms with E-state index in [1.807, 2.05) is 0 Å². The zero-order valence-electron chi connectivity index (χ0n) is 8.83. The van der Waals surface area contributed by atoms with Gasteiger partial charge in [-0.3, -0.25) is 14.4 Å². The third-order valence-electron chi connectivity index (χ3n) is 1.66. The fourth-order valence-electron chi connectivity index (χ4n) is 0.834. The molecule has 0 fully saturated rings. The van der Waals surface area contributed by atoms with Gasteiger partial charge in [-0.15, -0.1) is 0 Å². The molecule has 0 aliphatic carbocycles. The Balaban J connectivity index is 3.87. The van der Waals surface area contributed by atoms with Crippen LogP contribution < -0.4 is 0 Å². The number of Topliss-reactive ketones (excluding diaryl/α,β-unsaturated/α-hetero) is 2. The van der Waals surface area contributed by atoms with Crippen LogP contribution in [0.5, 0.6) is 0 Å². The molecule has 80 valence electrons. The number of esters is 1. The number of ketones is 2. The second-order valence-electron chi connectivity index (χ2n) is 3.32. The maximum atomic E-state index is 11.1. The van der Waals surface area contributed by atoms with Crippen LogP contribution in [0.3, 0.4) is 0 Å². The second kappa shape index (κ2) is 6.29. The number of hydrogen-bond acceptors (Lipinski definition) is 4. The molecule has 0 atom stereocenters. The van der Waals surface area contributed by atoms with Crippen molar-refractivity contribution in [2.45, 2.75) is 33.6 Å². The van der Waals surface area contributed by atoms with Crippen molar-refractivity contribution in [2.24, 2.45) is 5.92 Å². The van der Waals surface area contributed by atoms with Gasteiger partial charge < -0.3 is 4.74 Å². The molecule has 0 spiro atoms. The maximum absolute atomic E-state index is 11.1. The van der Waals surface area contributed by atoms with Crippen molar-refractivity contribution >= 4 is 17.5 Å². The molecule has 0 amide bonds. The first kappa shape index (κ1) is 12.8. The van der Waals surface area contributed by atoms with Crippen molar-refractivity contribution < 1.29 is 19.1 Å². The lowest BCUT2D eigenvalue weighted by atomic mass is 10.0. The van der Waals surface area contributed by atoms with Gasteiger partial charge in [0.1, 0.15) is 12.2 Å². The SMILES string of the molecule is CCOC(=O)CC(=O)CC(=O)C(C)C. The minimum Gasteiger partial charge on any atom is -0.466 e. The van der Waals surface area contributed by atoms with Gasteiger partial charge in [0.25, 0.3) is 0 Å². The highest BCUT2D eigenvalue weighted by Crippen LogP contribution is 2.02.